The molecule has 41 heavy (non-hydrogen) atoms. The number of carbonyl (C=O) groups is 4. The number of halogens is 1. The first-order valence-corrected chi connectivity index (χ1v) is 14.4. The van der Waals surface area contributed by atoms with Crippen molar-refractivity contribution in [3.63, 3.8) is 0 Å². The topological polar surface area (TPSA) is 132 Å². The summed E-state index contributed by atoms with van der Waals surface area (Å²) in [6.07, 6.45) is 3.74. The summed E-state index contributed by atoms with van der Waals surface area (Å²) in [6.45, 7) is 4.04. The molecule has 1 aliphatic rings. The first kappa shape index (κ1) is 29.9. The molecule has 3 aromatic rings. The van der Waals surface area contributed by atoms with E-state index in [-0.39, 0.29) is 18.1 Å². The van der Waals surface area contributed by atoms with Gasteiger partial charge in [-0.25, -0.2) is 15.0 Å². The fraction of sp³-hybridized carbons (Fsp3) is 0.276. The molecule has 4 rings (SSSR count). The summed E-state index contributed by atoms with van der Waals surface area (Å²) in [7, 11) is 1.42. The van der Waals surface area contributed by atoms with Crippen molar-refractivity contribution < 1.29 is 33.4 Å². The minimum atomic E-state index is -1.01. The van der Waals surface area contributed by atoms with Crippen LogP contribution in [0.3, 0.4) is 0 Å². The lowest BCUT2D eigenvalue weighted by Crippen LogP contribution is -2.32. The van der Waals surface area contributed by atoms with Crippen LogP contribution in [0, 0.1) is 5.92 Å². The quantitative estimate of drug-likeness (QED) is 0.115. The van der Waals surface area contributed by atoms with Gasteiger partial charge in [0.25, 0.3) is 0 Å². The Labute approximate surface area is 249 Å². The third-order valence-electron chi connectivity index (χ3n) is 6.25. The number of hydrazone groups is 1. The van der Waals surface area contributed by atoms with Crippen LogP contribution in [0.25, 0.3) is 0 Å². The van der Waals surface area contributed by atoms with Crippen molar-refractivity contribution in [2.45, 2.75) is 33.1 Å². The average molecular weight is 643 g/mol. The van der Waals surface area contributed by atoms with Gasteiger partial charge in [0, 0.05) is 9.35 Å². The monoisotopic (exact) mass is 641 g/mol. The van der Waals surface area contributed by atoms with E-state index in [2.05, 4.69) is 38.7 Å². The molecule has 2 amide bonds. The number of methoxy groups -OCH3 is 1. The number of nitrogens with zero attached hydrogens (tertiary/aromatic N) is 1. The maximum Gasteiger partial charge on any atom is 0.343 e. The number of amides is 2. The Morgan fingerprint density at radius 2 is 1.90 bits per heavy atom. The molecule has 1 aromatic heterocycles. The number of ether oxygens (including phenoxy) is 3. The number of hydrogen-bond acceptors (Lipinski definition) is 9. The van der Waals surface area contributed by atoms with Crippen molar-refractivity contribution in [3.05, 3.63) is 74.1 Å². The molecule has 214 valence electrons. The first-order valence-electron chi connectivity index (χ1n) is 12.8. The van der Waals surface area contributed by atoms with Crippen LogP contribution in [0.4, 0.5) is 5.00 Å². The third kappa shape index (κ3) is 7.39. The molecule has 0 radical (unpaired) electrons. The molecule has 0 saturated heterocycles. The second-order valence-electron chi connectivity index (χ2n) is 9.24. The van der Waals surface area contributed by atoms with Crippen molar-refractivity contribution >= 4 is 62.2 Å². The van der Waals surface area contributed by atoms with Crippen molar-refractivity contribution in [3.8, 4) is 11.5 Å². The Morgan fingerprint density at radius 1 is 1.10 bits per heavy atom. The molecule has 10 nitrogen and oxygen atoms in total. The molecule has 0 spiro atoms. The molecule has 1 atom stereocenters. The summed E-state index contributed by atoms with van der Waals surface area (Å²) in [5.74, 6) is -2.13. The maximum absolute atomic E-state index is 12.7. The van der Waals surface area contributed by atoms with Crippen molar-refractivity contribution in [2.24, 2.45) is 11.0 Å². The number of thiophene rings is 1. The van der Waals surface area contributed by atoms with Gasteiger partial charge in [0.2, 0.25) is 0 Å². The zero-order valence-electron chi connectivity index (χ0n) is 22.6. The molecule has 0 unspecified atom stereocenters. The van der Waals surface area contributed by atoms with E-state index in [1.165, 1.54) is 30.7 Å². The van der Waals surface area contributed by atoms with E-state index in [1.54, 1.807) is 43.3 Å². The number of nitrogens with one attached hydrogen (secondary N) is 2. The molecular weight excluding hydrogens is 614 g/mol. The SMILES string of the molecule is CCOC(=O)c1c(NC(=O)C(=O)N/N=C\c2ccc(OC(=O)c3cccc(Br)c3)c(OC)c2)sc2c1CC[C@@H](C)C2. The highest BCUT2D eigenvalue weighted by Gasteiger charge is 2.30. The van der Waals surface area contributed by atoms with E-state index in [0.717, 1.165) is 27.8 Å². The first-order chi connectivity index (χ1) is 19.7. The van der Waals surface area contributed by atoms with Crippen molar-refractivity contribution in [1.29, 1.82) is 0 Å². The Kier molecular flexibility index (Phi) is 9.90. The fourth-order valence-corrected chi connectivity index (χ4v) is 6.05. The van der Waals surface area contributed by atoms with Gasteiger partial charge in [0.1, 0.15) is 5.00 Å². The van der Waals surface area contributed by atoms with Crippen LogP contribution in [-0.4, -0.2) is 43.7 Å². The summed E-state index contributed by atoms with van der Waals surface area (Å²) in [5.41, 5.74) is 4.24. The van der Waals surface area contributed by atoms with E-state index in [4.69, 9.17) is 14.2 Å². The van der Waals surface area contributed by atoms with Crippen LogP contribution in [0.2, 0.25) is 0 Å². The predicted octanol–water partition coefficient (Wildman–Crippen LogP) is 5.13. The smallest absolute Gasteiger partial charge is 0.343 e. The minimum absolute atomic E-state index is 0.196. The summed E-state index contributed by atoms with van der Waals surface area (Å²) >= 11 is 4.61. The molecular formula is C29H28BrN3O7S. The highest BCUT2D eigenvalue weighted by Crippen LogP contribution is 2.40. The van der Waals surface area contributed by atoms with Crippen LogP contribution in [0.5, 0.6) is 11.5 Å². The fourth-order valence-electron chi connectivity index (χ4n) is 4.26. The van der Waals surface area contributed by atoms with E-state index in [9.17, 15) is 19.2 Å². The number of rotatable bonds is 8. The lowest BCUT2D eigenvalue weighted by atomic mass is 9.88. The zero-order valence-corrected chi connectivity index (χ0v) is 25.0. The van der Waals surface area contributed by atoms with E-state index in [1.807, 2.05) is 0 Å². The van der Waals surface area contributed by atoms with Crippen LogP contribution in [-0.2, 0) is 27.2 Å². The number of anilines is 1. The lowest BCUT2D eigenvalue weighted by Gasteiger charge is -2.18. The van der Waals surface area contributed by atoms with Gasteiger partial charge < -0.3 is 19.5 Å². The van der Waals surface area contributed by atoms with Gasteiger partial charge in [-0.3, -0.25) is 9.59 Å². The Hall–Kier alpha value is -4.03. The normalized spacial score (nSPS) is 14.2. The van der Waals surface area contributed by atoms with E-state index >= 15 is 0 Å². The highest BCUT2D eigenvalue weighted by atomic mass is 79.9. The number of hydrogen-bond donors (Lipinski definition) is 2. The van der Waals surface area contributed by atoms with Gasteiger partial charge in [0.15, 0.2) is 11.5 Å². The lowest BCUT2D eigenvalue weighted by molar-refractivity contribution is -0.136. The maximum atomic E-state index is 12.7. The van der Waals surface area contributed by atoms with Crippen LogP contribution in [0.15, 0.2) is 52.0 Å². The Morgan fingerprint density at radius 3 is 2.63 bits per heavy atom. The summed E-state index contributed by atoms with van der Waals surface area (Å²) < 4.78 is 16.7. The standard InChI is InChI=1S/C29H28BrN3O7S/c1-4-39-29(37)24-20-10-8-16(2)12-23(20)41-27(24)32-25(34)26(35)33-31-15-17-9-11-21(22(13-17)38-3)40-28(36)18-6-5-7-19(30)14-18/h5-7,9,11,13-16H,4,8,10,12H2,1-3H3,(H,32,34)(H,33,35)/b31-15-/t16-/m1/s1. The van der Waals surface area contributed by atoms with Crippen LogP contribution < -0.4 is 20.2 Å². The molecule has 2 N–H and O–H groups in total. The molecule has 0 aliphatic heterocycles. The molecule has 0 saturated carbocycles. The predicted molar refractivity (Wildman–Crippen MR) is 158 cm³/mol. The van der Waals surface area contributed by atoms with Gasteiger partial charge in [-0.05, 0) is 79.6 Å². The second kappa shape index (κ2) is 13.6. The average Bonchev–Trinajstić information content (AvgIpc) is 3.30. The molecule has 0 bridgehead atoms. The Balaban J connectivity index is 1.40. The van der Waals surface area contributed by atoms with Crippen LogP contribution >= 0.6 is 27.3 Å². The van der Waals surface area contributed by atoms with Crippen LogP contribution in [0.1, 0.15) is 57.0 Å². The number of benzene rings is 2. The minimum Gasteiger partial charge on any atom is -0.493 e. The van der Waals surface area contributed by atoms with Gasteiger partial charge >= 0.3 is 23.8 Å². The van der Waals surface area contributed by atoms with Crippen molar-refractivity contribution in [2.75, 3.05) is 19.0 Å². The second-order valence-corrected chi connectivity index (χ2v) is 11.3. The summed E-state index contributed by atoms with van der Waals surface area (Å²) in [4.78, 5) is 51.3. The Bertz CT molecular complexity index is 1520. The van der Waals surface area contributed by atoms with Gasteiger partial charge in [-0.2, -0.15) is 5.10 Å². The molecule has 12 heteroatoms. The largest absolute Gasteiger partial charge is 0.493 e. The number of fused-ring (bicyclic) bond motifs is 1. The van der Waals surface area contributed by atoms with Gasteiger partial charge in [-0.15, -0.1) is 11.3 Å². The zero-order chi connectivity index (χ0) is 29.5. The van der Waals surface area contributed by atoms with Gasteiger partial charge in [-0.1, -0.05) is 28.9 Å². The van der Waals surface area contributed by atoms with Gasteiger partial charge in [0.05, 0.1) is 31.1 Å². The van der Waals surface area contributed by atoms with E-state index in [0.29, 0.717) is 34.0 Å². The third-order valence-corrected chi connectivity index (χ3v) is 7.92. The summed E-state index contributed by atoms with van der Waals surface area (Å²) in [6, 6.07) is 11.5. The van der Waals surface area contributed by atoms with E-state index < -0.39 is 23.8 Å². The number of esters is 2. The molecule has 2 aromatic carbocycles. The molecule has 1 aliphatic carbocycles. The van der Waals surface area contributed by atoms with Crippen molar-refractivity contribution in [1.82, 2.24) is 5.43 Å². The molecule has 1 heterocycles. The highest BCUT2D eigenvalue weighted by molar-refractivity contribution is 9.10. The summed E-state index contributed by atoms with van der Waals surface area (Å²) in [5, 5.41) is 6.70. The molecule has 0 fully saturated rings. The number of carbonyl (C=O) groups excluding carboxylic acids is 4.